The SMILES string of the molecule is Cc1ccc(C(NC(=O)c2nc3nc(C)cc(C)n3n2)c2cccs2)cc1. The van der Waals surface area contributed by atoms with Crippen LogP contribution in [0.3, 0.4) is 0 Å². The number of thiophene rings is 1. The van der Waals surface area contributed by atoms with Crippen LogP contribution in [0.25, 0.3) is 5.78 Å². The van der Waals surface area contributed by atoms with Crippen molar-refractivity contribution in [3.05, 3.63) is 81.1 Å². The Bertz CT molecular complexity index is 1100. The summed E-state index contributed by atoms with van der Waals surface area (Å²) in [6.07, 6.45) is 0. The number of nitrogens with one attached hydrogen (secondary N) is 1. The largest absolute Gasteiger partial charge is 0.338 e. The number of nitrogens with zero attached hydrogens (tertiary/aromatic N) is 4. The van der Waals surface area contributed by atoms with Gasteiger partial charge in [-0.05, 0) is 43.8 Å². The molecule has 3 aromatic heterocycles. The van der Waals surface area contributed by atoms with Gasteiger partial charge in [0.1, 0.15) is 0 Å². The van der Waals surface area contributed by atoms with E-state index in [1.165, 1.54) is 5.56 Å². The van der Waals surface area contributed by atoms with Gasteiger partial charge in [0.15, 0.2) is 0 Å². The Morgan fingerprint density at radius 1 is 1.11 bits per heavy atom. The molecule has 0 aliphatic rings. The van der Waals surface area contributed by atoms with Crippen molar-refractivity contribution in [2.75, 3.05) is 0 Å². The van der Waals surface area contributed by atoms with Gasteiger partial charge in [-0.15, -0.1) is 16.4 Å². The summed E-state index contributed by atoms with van der Waals surface area (Å²) in [6.45, 7) is 5.85. The van der Waals surface area contributed by atoms with Gasteiger partial charge in [-0.1, -0.05) is 35.9 Å². The van der Waals surface area contributed by atoms with Gasteiger partial charge >= 0.3 is 0 Å². The number of hydrogen-bond acceptors (Lipinski definition) is 5. The van der Waals surface area contributed by atoms with E-state index < -0.39 is 0 Å². The molecule has 0 saturated heterocycles. The highest BCUT2D eigenvalue weighted by atomic mass is 32.1. The van der Waals surface area contributed by atoms with Gasteiger partial charge < -0.3 is 5.32 Å². The molecule has 7 heteroatoms. The number of aromatic nitrogens is 4. The van der Waals surface area contributed by atoms with Crippen LogP contribution in [0.2, 0.25) is 0 Å². The van der Waals surface area contributed by atoms with Gasteiger partial charge in [0.25, 0.3) is 11.7 Å². The van der Waals surface area contributed by atoms with Crippen LogP contribution in [0.5, 0.6) is 0 Å². The number of carbonyl (C=O) groups excluding carboxylic acids is 1. The minimum absolute atomic E-state index is 0.116. The van der Waals surface area contributed by atoms with Crippen LogP contribution in [-0.2, 0) is 0 Å². The van der Waals surface area contributed by atoms with E-state index in [1.807, 2.05) is 68.6 Å². The zero-order chi connectivity index (χ0) is 19.0. The second-order valence-corrected chi connectivity index (χ2v) is 7.50. The molecule has 27 heavy (non-hydrogen) atoms. The van der Waals surface area contributed by atoms with E-state index in [-0.39, 0.29) is 17.8 Å². The average Bonchev–Trinajstić information content (AvgIpc) is 3.30. The van der Waals surface area contributed by atoms with Crippen LogP contribution in [0.4, 0.5) is 0 Å². The highest BCUT2D eigenvalue weighted by Gasteiger charge is 2.22. The summed E-state index contributed by atoms with van der Waals surface area (Å²) in [5.41, 5.74) is 3.92. The van der Waals surface area contributed by atoms with E-state index in [1.54, 1.807) is 15.9 Å². The summed E-state index contributed by atoms with van der Waals surface area (Å²) in [5.74, 6) is 0.224. The van der Waals surface area contributed by atoms with E-state index in [0.29, 0.717) is 5.78 Å². The molecule has 0 radical (unpaired) electrons. The first-order valence-electron chi connectivity index (χ1n) is 8.63. The Morgan fingerprint density at radius 2 is 1.89 bits per heavy atom. The zero-order valence-electron chi connectivity index (χ0n) is 15.3. The molecule has 0 spiro atoms. The fraction of sp³-hybridized carbons (Fsp3) is 0.200. The summed E-state index contributed by atoms with van der Waals surface area (Å²) in [5, 5.41) is 9.40. The fourth-order valence-electron chi connectivity index (χ4n) is 2.99. The number of aryl methyl sites for hydroxylation is 3. The van der Waals surface area contributed by atoms with Crippen molar-refractivity contribution in [1.29, 1.82) is 0 Å². The first-order valence-corrected chi connectivity index (χ1v) is 9.51. The van der Waals surface area contributed by atoms with E-state index in [0.717, 1.165) is 21.8 Å². The lowest BCUT2D eigenvalue weighted by Gasteiger charge is -2.17. The van der Waals surface area contributed by atoms with Gasteiger partial charge in [0, 0.05) is 16.3 Å². The Balaban J connectivity index is 1.68. The minimum Gasteiger partial charge on any atom is -0.338 e. The topological polar surface area (TPSA) is 72.2 Å². The third-order valence-corrected chi connectivity index (χ3v) is 5.27. The van der Waals surface area contributed by atoms with Crippen molar-refractivity contribution in [3.63, 3.8) is 0 Å². The second kappa shape index (κ2) is 6.92. The first-order chi connectivity index (χ1) is 13.0. The molecule has 3 heterocycles. The fourth-order valence-corrected chi connectivity index (χ4v) is 3.79. The third kappa shape index (κ3) is 3.46. The van der Waals surface area contributed by atoms with Gasteiger partial charge in [-0.25, -0.2) is 9.50 Å². The van der Waals surface area contributed by atoms with E-state index in [2.05, 4.69) is 20.4 Å². The highest BCUT2D eigenvalue weighted by Crippen LogP contribution is 2.26. The van der Waals surface area contributed by atoms with Crippen molar-refractivity contribution in [3.8, 4) is 0 Å². The van der Waals surface area contributed by atoms with Gasteiger partial charge in [-0.2, -0.15) is 4.98 Å². The van der Waals surface area contributed by atoms with Crippen LogP contribution < -0.4 is 5.32 Å². The molecule has 1 unspecified atom stereocenters. The number of amides is 1. The van der Waals surface area contributed by atoms with Crippen LogP contribution in [0, 0.1) is 20.8 Å². The normalized spacial score (nSPS) is 12.3. The zero-order valence-corrected chi connectivity index (χ0v) is 16.1. The molecule has 4 aromatic rings. The van der Waals surface area contributed by atoms with Crippen LogP contribution in [0.15, 0.2) is 47.8 Å². The standard InChI is InChI=1S/C20H19N5OS/c1-12-6-8-15(9-7-12)17(16-5-4-10-27-16)22-19(26)18-23-20-21-13(2)11-14(3)25(20)24-18/h4-11,17H,1-3H3,(H,22,26). The molecule has 6 nitrogen and oxygen atoms in total. The number of hydrogen-bond donors (Lipinski definition) is 1. The predicted octanol–water partition coefficient (Wildman–Crippen LogP) is 3.63. The monoisotopic (exact) mass is 377 g/mol. The Hall–Kier alpha value is -3.06. The van der Waals surface area contributed by atoms with Crippen molar-refractivity contribution in [1.82, 2.24) is 24.9 Å². The van der Waals surface area contributed by atoms with Gasteiger partial charge in [0.2, 0.25) is 5.82 Å². The molecule has 1 amide bonds. The number of carbonyl (C=O) groups is 1. The molecule has 1 N–H and O–H groups in total. The molecule has 1 atom stereocenters. The van der Waals surface area contributed by atoms with Crippen LogP contribution in [0.1, 0.15) is 44.1 Å². The maximum absolute atomic E-state index is 12.9. The van der Waals surface area contributed by atoms with E-state index >= 15 is 0 Å². The maximum atomic E-state index is 12.9. The van der Waals surface area contributed by atoms with Crippen molar-refractivity contribution in [2.45, 2.75) is 26.8 Å². The summed E-state index contributed by atoms with van der Waals surface area (Å²) in [7, 11) is 0. The van der Waals surface area contributed by atoms with Crippen molar-refractivity contribution in [2.24, 2.45) is 0 Å². The first kappa shape index (κ1) is 17.4. The molecular weight excluding hydrogens is 358 g/mol. The molecule has 0 bridgehead atoms. The van der Waals surface area contributed by atoms with Crippen molar-refractivity contribution >= 4 is 23.0 Å². The second-order valence-electron chi connectivity index (χ2n) is 6.52. The van der Waals surface area contributed by atoms with E-state index in [4.69, 9.17) is 0 Å². The molecule has 0 aliphatic heterocycles. The Morgan fingerprint density at radius 3 is 2.59 bits per heavy atom. The summed E-state index contributed by atoms with van der Waals surface area (Å²) in [4.78, 5) is 22.6. The van der Waals surface area contributed by atoms with Crippen molar-refractivity contribution < 1.29 is 4.79 Å². The highest BCUT2D eigenvalue weighted by molar-refractivity contribution is 7.10. The van der Waals surface area contributed by atoms with Crippen LogP contribution in [-0.4, -0.2) is 25.5 Å². The summed E-state index contributed by atoms with van der Waals surface area (Å²) >= 11 is 1.60. The summed E-state index contributed by atoms with van der Waals surface area (Å²) in [6, 6.07) is 13.8. The Kier molecular flexibility index (Phi) is 4.45. The number of benzene rings is 1. The lowest BCUT2D eigenvalue weighted by atomic mass is 10.0. The average molecular weight is 377 g/mol. The van der Waals surface area contributed by atoms with Gasteiger partial charge in [-0.3, -0.25) is 4.79 Å². The molecule has 4 rings (SSSR count). The summed E-state index contributed by atoms with van der Waals surface area (Å²) < 4.78 is 1.59. The smallest absolute Gasteiger partial charge is 0.291 e. The lowest BCUT2D eigenvalue weighted by Crippen LogP contribution is -2.29. The molecule has 0 aliphatic carbocycles. The van der Waals surface area contributed by atoms with E-state index in [9.17, 15) is 4.79 Å². The molecule has 136 valence electrons. The predicted molar refractivity (Wildman–Crippen MR) is 105 cm³/mol. The number of rotatable bonds is 4. The molecule has 0 fully saturated rings. The minimum atomic E-state index is -0.323. The quantitative estimate of drug-likeness (QED) is 0.589. The maximum Gasteiger partial charge on any atom is 0.291 e. The third-order valence-electron chi connectivity index (χ3n) is 4.34. The Labute approximate surface area is 160 Å². The molecule has 0 saturated carbocycles. The molecule has 1 aromatic carbocycles. The van der Waals surface area contributed by atoms with Crippen LogP contribution >= 0.6 is 11.3 Å². The lowest BCUT2D eigenvalue weighted by molar-refractivity contribution is 0.0933. The molecular formula is C20H19N5OS. The number of fused-ring (bicyclic) bond motifs is 1. The van der Waals surface area contributed by atoms with Gasteiger partial charge in [0.05, 0.1) is 6.04 Å².